The molecule has 5 nitrogen and oxygen atoms in total. The first-order chi connectivity index (χ1) is 12.9. The van der Waals surface area contributed by atoms with Crippen molar-refractivity contribution in [1.82, 2.24) is 14.5 Å². The Kier molecular flexibility index (Phi) is 5.65. The summed E-state index contributed by atoms with van der Waals surface area (Å²) in [4.78, 5) is 32.3. The number of carbonyl (C=O) groups is 2. The number of aromatic nitrogens is 3. The zero-order valence-electron chi connectivity index (χ0n) is 15.9. The minimum atomic E-state index is -0.321. The first-order valence-electron chi connectivity index (χ1n) is 8.84. The molecule has 27 heavy (non-hydrogen) atoms. The minimum absolute atomic E-state index is 0.0256. The largest absolute Gasteiger partial charge is 0.355 e. The van der Waals surface area contributed by atoms with Gasteiger partial charge >= 0.3 is 0 Å². The molecule has 0 unspecified atom stereocenters. The van der Waals surface area contributed by atoms with Crippen molar-refractivity contribution >= 4 is 23.3 Å². The number of imidazole rings is 1. The fourth-order valence-corrected chi connectivity index (χ4v) is 4.18. The van der Waals surface area contributed by atoms with Crippen LogP contribution in [0, 0.1) is 13.8 Å². The van der Waals surface area contributed by atoms with E-state index in [2.05, 4.69) is 22.1 Å². The molecular weight excluding hydrogens is 358 g/mol. The first kappa shape index (κ1) is 19.2. The van der Waals surface area contributed by atoms with Gasteiger partial charge in [0.1, 0.15) is 0 Å². The van der Waals surface area contributed by atoms with Crippen LogP contribution in [0.25, 0.3) is 0 Å². The molecule has 0 bridgehead atoms. The van der Waals surface area contributed by atoms with Gasteiger partial charge in [0.25, 0.3) is 0 Å². The van der Waals surface area contributed by atoms with Crippen LogP contribution in [0.2, 0.25) is 0 Å². The van der Waals surface area contributed by atoms with Gasteiger partial charge in [0.15, 0.2) is 16.7 Å². The predicted octanol–water partition coefficient (Wildman–Crippen LogP) is 4.44. The Morgan fingerprint density at radius 2 is 1.93 bits per heavy atom. The fraction of sp³-hybridized carbons (Fsp3) is 0.286. The van der Waals surface area contributed by atoms with Crippen molar-refractivity contribution in [1.29, 1.82) is 0 Å². The van der Waals surface area contributed by atoms with Gasteiger partial charge in [-0.15, -0.1) is 0 Å². The number of aromatic amines is 1. The fourth-order valence-electron chi connectivity index (χ4n) is 3.25. The highest BCUT2D eigenvalue weighted by atomic mass is 32.2. The molecule has 0 spiro atoms. The lowest BCUT2D eigenvalue weighted by molar-refractivity contribution is 0.0988. The summed E-state index contributed by atoms with van der Waals surface area (Å²) in [6, 6.07) is 10.1. The zero-order valence-corrected chi connectivity index (χ0v) is 16.8. The highest BCUT2D eigenvalue weighted by molar-refractivity contribution is 8.00. The number of H-pyrrole nitrogens is 1. The summed E-state index contributed by atoms with van der Waals surface area (Å²) in [5, 5.41) is 0.478. The van der Waals surface area contributed by atoms with Crippen molar-refractivity contribution in [2.75, 3.05) is 0 Å². The van der Waals surface area contributed by atoms with Gasteiger partial charge in [0, 0.05) is 30.2 Å². The second-order valence-electron chi connectivity index (χ2n) is 6.63. The monoisotopic (exact) mass is 381 g/mol. The number of hydrogen-bond donors (Lipinski definition) is 1. The molecule has 2 heterocycles. The second kappa shape index (κ2) is 7.96. The molecule has 6 heteroatoms. The lowest BCUT2D eigenvalue weighted by atomic mass is 10.0. The van der Waals surface area contributed by atoms with E-state index in [-0.39, 0.29) is 16.8 Å². The third kappa shape index (κ3) is 4.06. The van der Waals surface area contributed by atoms with Crippen molar-refractivity contribution in [2.24, 2.45) is 0 Å². The lowest BCUT2D eigenvalue weighted by Crippen LogP contribution is -2.16. The summed E-state index contributed by atoms with van der Waals surface area (Å²) in [6.07, 6.45) is 3.67. The van der Waals surface area contributed by atoms with E-state index in [9.17, 15) is 9.59 Å². The molecule has 0 fully saturated rings. The van der Waals surface area contributed by atoms with Crippen LogP contribution in [0.5, 0.6) is 0 Å². The zero-order chi connectivity index (χ0) is 19.6. The van der Waals surface area contributed by atoms with Crippen LogP contribution in [-0.4, -0.2) is 31.4 Å². The van der Waals surface area contributed by atoms with Gasteiger partial charge in [-0.1, -0.05) is 42.1 Å². The molecule has 0 radical (unpaired) electrons. The Bertz CT molecular complexity index is 973. The molecule has 0 aliphatic heterocycles. The number of Topliss-reactive ketones (excluding diaryl/α,β-unsaturated/α-hetero) is 2. The molecule has 2 aromatic heterocycles. The second-order valence-corrected chi connectivity index (χ2v) is 7.94. The number of benzene rings is 1. The predicted molar refractivity (Wildman–Crippen MR) is 108 cm³/mol. The average Bonchev–Trinajstić information content (AvgIpc) is 3.18. The molecule has 1 N–H and O–H groups in total. The van der Waals surface area contributed by atoms with E-state index < -0.39 is 0 Å². The summed E-state index contributed by atoms with van der Waals surface area (Å²) in [6.45, 7) is 7.75. The third-order valence-electron chi connectivity index (χ3n) is 4.56. The van der Waals surface area contributed by atoms with Crippen LogP contribution in [0.4, 0.5) is 0 Å². The van der Waals surface area contributed by atoms with Crippen molar-refractivity contribution in [3.63, 3.8) is 0 Å². The van der Waals surface area contributed by atoms with Crippen LogP contribution in [0.15, 0.2) is 47.9 Å². The number of aryl methyl sites for hydroxylation is 1. The Morgan fingerprint density at radius 1 is 1.22 bits per heavy atom. The van der Waals surface area contributed by atoms with Crippen molar-refractivity contribution in [3.05, 3.63) is 70.8 Å². The normalized spacial score (nSPS) is 12.1. The minimum Gasteiger partial charge on any atom is -0.355 e. The molecule has 0 aliphatic carbocycles. The SMILES string of the molecule is CC(=O)c1c(C)[nH]c(C(=O)[C@@H](C)Sc2nccn2Cc2ccccc2)c1C. The quantitative estimate of drug-likeness (QED) is 0.485. The lowest BCUT2D eigenvalue weighted by Gasteiger charge is -2.12. The Hall–Kier alpha value is -2.60. The molecule has 3 aromatic rings. The van der Waals surface area contributed by atoms with Crippen LogP contribution in [-0.2, 0) is 6.54 Å². The van der Waals surface area contributed by atoms with Gasteiger partial charge in [-0.25, -0.2) is 4.98 Å². The number of nitrogens with one attached hydrogen (secondary N) is 1. The van der Waals surface area contributed by atoms with Gasteiger partial charge in [0.2, 0.25) is 0 Å². The molecule has 1 atom stereocenters. The number of ketones is 2. The van der Waals surface area contributed by atoms with Crippen LogP contribution < -0.4 is 0 Å². The number of hydrogen-bond acceptors (Lipinski definition) is 4. The van der Waals surface area contributed by atoms with E-state index in [1.807, 2.05) is 49.7 Å². The highest BCUT2D eigenvalue weighted by Crippen LogP contribution is 2.27. The summed E-state index contributed by atoms with van der Waals surface area (Å²) in [5.41, 5.74) is 3.77. The highest BCUT2D eigenvalue weighted by Gasteiger charge is 2.25. The standard InChI is InChI=1S/C21H23N3O2S/c1-13-18(15(3)25)14(2)23-19(13)20(26)16(4)27-21-22-10-11-24(21)12-17-8-6-5-7-9-17/h5-11,16,23H,12H2,1-4H3/t16-/m1/s1. The molecule has 0 saturated carbocycles. The topological polar surface area (TPSA) is 67.8 Å². The molecule has 140 valence electrons. The maximum absolute atomic E-state index is 12.9. The van der Waals surface area contributed by atoms with E-state index in [4.69, 9.17) is 0 Å². The number of rotatable bonds is 7. The molecular formula is C21H23N3O2S. The molecule has 1 aromatic carbocycles. The van der Waals surface area contributed by atoms with E-state index in [1.54, 1.807) is 6.20 Å². The van der Waals surface area contributed by atoms with Crippen molar-refractivity contribution in [3.8, 4) is 0 Å². The molecule has 0 amide bonds. The Balaban J connectivity index is 1.78. The number of thioether (sulfide) groups is 1. The van der Waals surface area contributed by atoms with E-state index in [1.165, 1.54) is 24.2 Å². The number of carbonyl (C=O) groups excluding carboxylic acids is 2. The average molecular weight is 382 g/mol. The third-order valence-corrected chi connectivity index (χ3v) is 5.68. The first-order valence-corrected chi connectivity index (χ1v) is 9.72. The van der Waals surface area contributed by atoms with Crippen LogP contribution >= 0.6 is 11.8 Å². The smallest absolute Gasteiger partial charge is 0.192 e. The van der Waals surface area contributed by atoms with Crippen molar-refractivity contribution in [2.45, 2.75) is 44.6 Å². The van der Waals surface area contributed by atoms with E-state index >= 15 is 0 Å². The molecule has 3 rings (SSSR count). The van der Waals surface area contributed by atoms with Crippen molar-refractivity contribution < 1.29 is 9.59 Å². The summed E-state index contributed by atoms with van der Waals surface area (Å²) in [7, 11) is 0. The maximum atomic E-state index is 12.9. The Labute approximate surface area is 163 Å². The van der Waals surface area contributed by atoms with E-state index in [0.717, 1.165) is 16.4 Å². The van der Waals surface area contributed by atoms with Gasteiger partial charge in [-0.05, 0) is 38.8 Å². The van der Waals surface area contributed by atoms with E-state index in [0.29, 0.717) is 17.8 Å². The maximum Gasteiger partial charge on any atom is 0.192 e. The molecule has 0 aliphatic rings. The number of nitrogens with zero attached hydrogens (tertiary/aromatic N) is 2. The summed E-state index contributed by atoms with van der Waals surface area (Å²) >= 11 is 1.43. The van der Waals surface area contributed by atoms with Gasteiger partial charge in [-0.3, -0.25) is 9.59 Å². The molecule has 0 saturated heterocycles. The van der Waals surface area contributed by atoms with Gasteiger partial charge < -0.3 is 9.55 Å². The summed E-state index contributed by atoms with van der Waals surface area (Å²) < 4.78 is 2.04. The van der Waals surface area contributed by atoms with Gasteiger partial charge in [-0.2, -0.15) is 0 Å². The van der Waals surface area contributed by atoms with Crippen LogP contribution in [0.3, 0.4) is 0 Å². The summed E-state index contributed by atoms with van der Waals surface area (Å²) in [5.74, 6) is -0.0543. The Morgan fingerprint density at radius 3 is 2.56 bits per heavy atom. The van der Waals surface area contributed by atoms with Gasteiger partial charge in [0.05, 0.1) is 10.9 Å². The van der Waals surface area contributed by atoms with Crippen LogP contribution in [0.1, 0.15) is 51.5 Å².